The van der Waals surface area contributed by atoms with Gasteiger partial charge in [-0.25, -0.2) is 4.98 Å². The number of anilines is 1. The molecular weight excluding hydrogens is 252 g/mol. The van der Waals surface area contributed by atoms with Crippen molar-refractivity contribution in [3.05, 3.63) is 40.6 Å². The first-order valence-corrected chi connectivity index (χ1v) is 6.35. The predicted molar refractivity (Wildman–Crippen MR) is 74.3 cm³/mol. The Kier molecular flexibility index (Phi) is 3.65. The Morgan fingerprint density at radius 3 is 3.06 bits per heavy atom. The van der Waals surface area contributed by atoms with Crippen molar-refractivity contribution in [3.63, 3.8) is 0 Å². The van der Waals surface area contributed by atoms with E-state index >= 15 is 0 Å². The van der Waals surface area contributed by atoms with Crippen molar-refractivity contribution < 1.29 is 0 Å². The van der Waals surface area contributed by atoms with Crippen LogP contribution in [0, 0.1) is 0 Å². The van der Waals surface area contributed by atoms with Gasteiger partial charge in [0, 0.05) is 24.2 Å². The molecule has 2 heterocycles. The summed E-state index contributed by atoms with van der Waals surface area (Å²) < 4.78 is 0. The number of aromatic nitrogens is 2. The first-order valence-electron chi connectivity index (χ1n) is 5.00. The summed E-state index contributed by atoms with van der Waals surface area (Å²) in [5, 5.41) is 2.02. The second-order valence-corrected chi connectivity index (χ2v) is 4.75. The third kappa shape index (κ3) is 2.78. The van der Waals surface area contributed by atoms with E-state index in [4.69, 9.17) is 18.0 Å². The lowest BCUT2D eigenvalue weighted by Gasteiger charge is -2.20. The van der Waals surface area contributed by atoms with Crippen molar-refractivity contribution in [2.24, 2.45) is 5.73 Å². The second kappa shape index (κ2) is 5.20. The van der Waals surface area contributed by atoms with Gasteiger partial charge in [-0.2, -0.15) is 0 Å². The van der Waals surface area contributed by atoms with Crippen molar-refractivity contribution in [2.45, 2.75) is 6.54 Å². The molecule has 4 nitrogen and oxygen atoms in total. The number of hydrogen-bond acceptors (Lipinski definition) is 5. The monoisotopic (exact) mass is 264 g/mol. The molecule has 2 aromatic heterocycles. The van der Waals surface area contributed by atoms with Crippen molar-refractivity contribution in [1.29, 1.82) is 0 Å². The fourth-order valence-electron chi connectivity index (χ4n) is 1.54. The normalized spacial score (nSPS) is 10.2. The first kappa shape index (κ1) is 11.9. The third-order valence-corrected chi connectivity index (χ3v) is 3.21. The van der Waals surface area contributed by atoms with E-state index in [2.05, 4.69) is 9.97 Å². The van der Waals surface area contributed by atoms with E-state index in [-0.39, 0.29) is 0 Å². The number of nitrogens with zero attached hydrogens (tertiary/aromatic N) is 3. The molecule has 0 aliphatic carbocycles. The zero-order chi connectivity index (χ0) is 12.3. The van der Waals surface area contributed by atoms with Gasteiger partial charge in [0.25, 0.3) is 0 Å². The van der Waals surface area contributed by atoms with E-state index in [1.807, 2.05) is 28.9 Å². The molecule has 0 bridgehead atoms. The summed E-state index contributed by atoms with van der Waals surface area (Å²) in [4.78, 5) is 10.8. The molecular formula is C11H12N4S2. The van der Waals surface area contributed by atoms with Gasteiger partial charge in [0.05, 0.1) is 29.6 Å². The van der Waals surface area contributed by atoms with Crippen LogP contribution in [0.2, 0.25) is 0 Å². The van der Waals surface area contributed by atoms with Crippen molar-refractivity contribution in [2.75, 3.05) is 11.9 Å². The second-order valence-electron chi connectivity index (χ2n) is 3.59. The quantitative estimate of drug-likeness (QED) is 0.854. The Morgan fingerprint density at radius 1 is 1.59 bits per heavy atom. The zero-order valence-corrected chi connectivity index (χ0v) is 11.0. The molecule has 6 heteroatoms. The highest BCUT2D eigenvalue weighted by atomic mass is 32.1. The Labute approximate surface area is 109 Å². The summed E-state index contributed by atoms with van der Waals surface area (Å²) in [6.45, 7) is 0.713. The molecule has 0 saturated carbocycles. The largest absolute Gasteiger partial charge is 0.389 e. The van der Waals surface area contributed by atoms with Crippen molar-refractivity contribution >= 4 is 34.2 Å². The Bertz CT molecular complexity index is 510. The van der Waals surface area contributed by atoms with Gasteiger partial charge >= 0.3 is 0 Å². The van der Waals surface area contributed by atoms with E-state index in [1.54, 1.807) is 23.7 Å². The summed E-state index contributed by atoms with van der Waals surface area (Å²) in [5.74, 6) is 0. The van der Waals surface area contributed by atoms with Crippen LogP contribution in [-0.2, 0) is 6.54 Å². The summed E-state index contributed by atoms with van der Waals surface area (Å²) >= 11 is 6.61. The van der Waals surface area contributed by atoms with Gasteiger partial charge in [-0.05, 0) is 6.07 Å². The highest BCUT2D eigenvalue weighted by Crippen LogP contribution is 2.19. The molecule has 0 atom stereocenters. The number of nitrogens with two attached hydrogens (primary N) is 1. The van der Waals surface area contributed by atoms with Crippen LogP contribution < -0.4 is 10.6 Å². The summed E-state index contributed by atoms with van der Waals surface area (Å²) in [5.41, 5.74) is 10.3. The van der Waals surface area contributed by atoms with Gasteiger partial charge in [0.2, 0.25) is 0 Å². The van der Waals surface area contributed by atoms with E-state index in [9.17, 15) is 0 Å². The first-order chi connectivity index (χ1) is 8.18. The molecule has 0 aliphatic heterocycles. The summed E-state index contributed by atoms with van der Waals surface area (Å²) in [7, 11) is 1.97. The molecule has 0 spiro atoms. The Balaban J connectivity index is 2.24. The lowest BCUT2D eigenvalue weighted by atomic mass is 10.2. The smallest absolute Gasteiger partial charge is 0.106 e. The zero-order valence-electron chi connectivity index (χ0n) is 9.33. The highest BCUT2D eigenvalue weighted by Gasteiger charge is 2.10. The van der Waals surface area contributed by atoms with Gasteiger partial charge in [-0.15, -0.1) is 11.3 Å². The minimum absolute atomic E-state index is 0.382. The Hall–Kier alpha value is -1.53. The molecule has 0 aromatic carbocycles. The van der Waals surface area contributed by atoms with E-state index < -0.39 is 0 Å². The Morgan fingerprint density at radius 2 is 2.41 bits per heavy atom. The molecule has 0 fully saturated rings. The average Bonchev–Trinajstić information content (AvgIpc) is 2.81. The molecule has 0 amide bonds. The minimum atomic E-state index is 0.382. The average molecular weight is 264 g/mol. The number of hydrogen-bond donors (Lipinski definition) is 1. The number of thiazole rings is 1. The summed E-state index contributed by atoms with van der Waals surface area (Å²) in [6.07, 6.45) is 3.45. The lowest BCUT2D eigenvalue weighted by Crippen LogP contribution is -2.21. The van der Waals surface area contributed by atoms with Gasteiger partial charge in [0.1, 0.15) is 4.99 Å². The van der Waals surface area contributed by atoms with Gasteiger partial charge in [-0.3, -0.25) is 4.98 Å². The highest BCUT2D eigenvalue weighted by molar-refractivity contribution is 7.80. The summed E-state index contributed by atoms with van der Waals surface area (Å²) in [6, 6.07) is 1.83. The molecule has 88 valence electrons. The number of rotatable bonds is 4. The fourth-order valence-corrected chi connectivity index (χ4v) is 2.26. The molecule has 0 unspecified atom stereocenters. The van der Waals surface area contributed by atoms with Crippen LogP contribution >= 0.6 is 23.6 Å². The van der Waals surface area contributed by atoms with E-state index in [0.29, 0.717) is 11.5 Å². The molecule has 17 heavy (non-hydrogen) atoms. The standard InChI is InChI=1S/C11H12N4S2/c1-15(5-8-6-17-7-14-8)10-4-13-3-2-9(10)11(12)16/h2-4,6-7H,5H2,1H3,(H2,12,16). The lowest BCUT2D eigenvalue weighted by molar-refractivity contribution is 0.889. The maximum absolute atomic E-state index is 5.69. The van der Waals surface area contributed by atoms with Crippen LogP contribution in [0.25, 0.3) is 0 Å². The van der Waals surface area contributed by atoms with Gasteiger partial charge < -0.3 is 10.6 Å². The van der Waals surface area contributed by atoms with Crippen LogP contribution in [0.1, 0.15) is 11.3 Å². The third-order valence-electron chi connectivity index (χ3n) is 2.36. The van der Waals surface area contributed by atoms with Crippen LogP contribution in [0.5, 0.6) is 0 Å². The number of pyridine rings is 1. The van der Waals surface area contributed by atoms with Gasteiger partial charge in [-0.1, -0.05) is 12.2 Å². The molecule has 0 saturated heterocycles. The maximum Gasteiger partial charge on any atom is 0.106 e. The molecule has 0 radical (unpaired) electrons. The predicted octanol–water partition coefficient (Wildman–Crippen LogP) is 1.81. The van der Waals surface area contributed by atoms with Crippen LogP contribution in [0.3, 0.4) is 0 Å². The van der Waals surface area contributed by atoms with E-state index in [0.717, 1.165) is 16.9 Å². The topological polar surface area (TPSA) is 55.0 Å². The van der Waals surface area contributed by atoms with Gasteiger partial charge in [0.15, 0.2) is 0 Å². The number of thiocarbonyl (C=S) groups is 1. The minimum Gasteiger partial charge on any atom is -0.389 e. The molecule has 2 N–H and O–H groups in total. The molecule has 0 aliphatic rings. The van der Waals surface area contributed by atoms with Crippen LogP contribution in [-0.4, -0.2) is 22.0 Å². The van der Waals surface area contributed by atoms with Crippen molar-refractivity contribution in [1.82, 2.24) is 9.97 Å². The fraction of sp³-hybridized carbons (Fsp3) is 0.182. The SMILES string of the molecule is CN(Cc1cscn1)c1cnccc1C(N)=S. The molecule has 2 aromatic rings. The van der Waals surface area contributed by atoms with Crippen molar-refractivity contribution in [3.8, 4) is 0 Å². The maximum atomic E-state index is 5.69. The molecule has 2 rings (SSSR count). The van der Waals surface area contributed by atoms with E-state index in [1.165, 1.54) is 0 Å². The van der Waals surface area contributed by atoms with Crippen LogP contribution in [0.15, 0.2) is 29.4 Å². The van der Waals surface area contributed by atoms with Crippen LogP contribution in [0.4, 0.5) is 5.69 Å².